The summed E-state index contributed by atoms with van der Waals surface area (Å²) in [6.07, 6.45) is 0.894. The third kappa shape index (κ3) is 5.16. The van der Waals surface area contributed by atoms with E-state index >= 15 is 0 Å². The lowest BCUT2D eigenvalue weighted by molar-refractivity contribution is -0.131. The van der Waals surface area contributed by atoms with Crippen LogP contribution in [-0.2, 0) is 21.4 Å². The van der Waals surface area contributed by atoms with Gasteiger partial charge in [-0.2, -0.15) is 15.6 Å². The standard InChI is InChI=1S/C19H25N3O3S2/c1-20(27(24,25)18-6-3-2-4-7-18)15-19(23)22-10-5-9-21(11-12-22)14-17-8-13-26-16-17/h2-4,6-8,13,16H,5,9-12,14-15H2,1H3. The van der Waals surface area contributed by atoms with Gasteiger partial charge in [0.15, 0.2) is 0 Å². The summed E-state index contributed by atoms with van der Waals surface area (Å²) in [4.78, 5) is 17.0. The average molecular weight is 408 g/mol. The van der Waals surface area contributed by atoms with Crippen LogP contribution in [-0.4, -0.2) is 68.2 Å². The van der Waals surface area contributed by atoms with Gasteiger partial charge in [0.05, 0.1) is 11.4 Å². The highest BCUT2D eigenvalue weighted by molar-refractivity contribution is 7.89. The van der Waals surface area contributed by atoms with Crippen LogP contribution in [0.1, 0.15) is 12.0 Å². The molecule has 1 fully saturated rings. The van der Waals surface area contributed by atoms with Crippen molar-refractivity contribution in [2.45, 2.75) is 17.9 Å². The van der Waals surface area contributed by atoms with E-state index in [-0.39, 0.29) is 17.3 Å². The molecule has 0 unspecified atom stereocenters. The van der Waals surface area contributed by atoms with Gasteiger partial charge < -0.3 is 4.90 Å². The van der Waals surface area contributed by atoms with Crippen molar-refractivity contribution >= 4 is 27.3 Å². The summed E-state index contributed by atoms with van der Waals surface area (Å²) in [7, 11) is -2.19. The van der Waals surface area contributed by atoms with E-state index < -0.39 is 10.0 Å². The maximum atomic E-state index is 12.7. The first-order chi connectivity index (χ1) is 13.0. The Morgan fingerprint density at radius 1 is 1.11 bits per heavy atom. The van der Waals surface area contributed by atoms with E-state index in [0.29, 0.717) is 13.1 Å². The van der Waals surface area contributed by atoms with E-state index in [9.17, 15) is 13.2 Å². The van der Waals surface area contributed by atoms with Crippen molar-refractivity contribution in [1.82, 2.24) is 14.1 Å². The van der Waals surface area contributed by atoms with Crippen LogP contribution in [0.2, 0.25) is 0 Å². The van der Waals surface area contributed by atoms with Crippen molar-refractivity contribution in [3.63, 3.8) is 0 Å². The highest BCUT2D eigenvalue weighted by Crippen LogP contribution is 2.15. The van der Waals surface area contributed by atoms with Crippen molar-refractivity contribution in [1.29, 1.82) is 0 Å². The number of nitrogens with zero attached hydrogens (tertiary/aromatic N) is 3. The van der Waals surface area contributed by atoms with Crippen LogP contribution in [0.3, 0.4) is 0 Å². The van der Waals surface area contributed by atoms with Crippen molar-refractivity contribution in [2.24, 2.45) is 0 Å². The van der Waals surface area contributed by atoms with Crippen LogP contribution in [0.5, 0.6) is 0 Å². The Morgan fingerprint density at radius 2 is 1.89 bits per heavy atom. The van der Waals surface area contributed by atoms with E-state index in [1.807, 2.05) is 0 Å². The third-order valence-corrected chi connectivity index (χ3v) is 7.29. The van der Waals surface area contributed by atoms with Gasteiger partial charge in [0.25, 0.3) is 0 Å². The number of rotatable bonds is 6. The van der Waals surface area contributed by atoms with Gasteiger partial charge in [-0.3, -0.25) is 9.69 Å². The van der Waals surface area contributed by atoms with Gasteiger partial charge in [-0.05, 0) is 40.9 Å². The quantitative estimate of drug-likeness (QED) is 0.736. The van der Waals surface area contributed by atoms with Gasteiger partial charge in [0, 0.05) is 39.8 Å². The summed E-state index contributed by atoms with van der Waals surface area (Å²) in [6, 6.07) is 10.3. The number of hydrogen-bond donors (Lipinski definition) is 0. The Bertz CT molecular complexity index is 838. The topological polar surface area (TPSA) is 60.9 Å². The molecule has 0 atom stereocenters. The van der Waals surface area contributed by atoms with Gasteiger partial charge in [-0.1, -0.05) is 18.2 Å². The van der Waals surface area contributed by atoms with Crippen LogP contribution in [0, 0.1) is 0 Å². The zero-order valence-electron chi connectivity index (χ0n) is 15.5. The molecule has 8 heteroatoms. The molecule has 0 saturated carbocycles. The first-order valence-corrected chi connectivity index (χ1v) is 11.4. The number of likely N-dealkylation sites (N-methyl/N-ethyl adjacent to an activating group) is 1. The lowest BCUT2D eigenvalue weighted by Gasteiger charge is -2.24. The number of sulfonamides is 1. The molecule has 0 N–H and O–H groups in total. The van der Waals surface area contributed by atoms with Crippen LogP contribution < -0.4 is 0 Å². The molecule has 0 bridgehead atoms. The molecule has 1 saturated heterocycles. The van der Waals surface area contributed by atoms with Crippen molar-refractivity contribution in [3.8, 4) is 0 Å². The first kappa shape index (κ1) is 20.0. The largest absolute Gasteiger partial charge is 0.340 e. The maximum Gasteiger partial charge on any atom is 0.243 e. The Morgan fingerprint density at radius 3 is 2.59 bits per heavy atom. The van der Waals surface area contributed by atoms with E-state index in [1.54, 1.807) is 46.6 Å². The molecule has 1 aliphatic heterocycles. The van der Waals surface area contributed by atoms with Crippen LogP contribution in [0.25, 0.3) is 0 Å². The molecule has 1 aliphatic rings. The molecule has 1 aromatic heterocycles. The minimum atomic E-state index is -3.65. The third-order valence-electron chi connectivity index (χ3n) is 4.74. The average Bonchev–Trinajstić information content (AvgIpc) is 3.06. The summed E-state index contributed by atoms with van der Waals surface area (Å²) in [5, 5.41) is 4.23. The predicted molar refractivity (Wildman–Crippen MR) is 107 cm³/mol. The van der Waals surface area contributed by atoms with Crippen molar-refractivity contribution in [3.05, 3.63) is 52.7 Å². The Hall–Kier alpha value is -1.74. The fourth-order valence-electron chi connectivity index (χ4n) is 3.17. The number of carbonyl (C=O) groups excluding carboxylic acids is 1. The Labute approximate surface area is 165 Å². The SMILES string of the molecule is CN(CC(=O)N1CCCN(Cc2ccsc2)CC1)S(=O)(=O)c1ccccc1. The second kappa shape index (κ2) is 8.97. The fourth-order valence-corrected chi connectivity index (χ4v) is 4.97. The van der Waals surface area contributed by atoms with Gasteiger partial charge >= 0.3 is 0 Å². The van der Waals surface area contributed by atoms with Crippen LogP contribution in [0.15, 0.2) is 52.1 Å². The smallest absolute Gasteiger partial charge is 0.243 e. The Kier molecular flexibility index (Phi) is 6.64. The summed E-state index contributed by atoms with van der Waals surface area (Å²) in [5.74, 6) is -0.144. The molecule has 1 amide bonds. The second-order valence-electron chi connectivity index (χ2n) is 6.72. The monoisotopic (exact) mass is 407 g/mol. The molecule has 146 valence electrons. The van der Waals surface area contributed by atoms with E-state index in [1.165, 1.54) is 12.6 Å². The zero-order valence-corrected chi connectivity index (χ0v) is 17.1. The van der Waals surface area contributed by atoms with Crippen molar-refractivity contribution < 1.29 is 13.2 Å². The first-order valence-electron chi connectivity index (χ1n) is 8.99. The number of hydrogen-bond acceptors (Lipinski definition) is 5. The summed E-state index contributed by atoms with van der Waals surface area (Å²) < 4.78 is 26.3. The summed E-state index contributed by atoms with van der Waals surface area (Å²) >= 11 is 1.69. The molecule has 1 aromatic carbocycles. The lowest BCUT2D eigenvalue weighted by Crippen LogP contribution is -2.42. The molecule has 3 rings (SSSR count). The van der Waals surface area contributed by atoms with E-state index in [2.05, 4.69) is 21.7 Å². The van der Waals surface area contributed by atoms with Gasteiger partial charge in [-0.25, -0.2) is 8.42 Å². The minimum Gasteiger partial charge on any atom is -0.340 e. The summed E-state index contributed by atoms with van der Waals surface area (Å²) in [5.41, 5.74) is 1.30. The molecule has 2 heterocycles. The predicted octanol–water partition coefficient (Wildman–Crippen LogP) is 2.10. The van der Waals surface area contributed by atoms with Crippen LogP contribution in [0.4, 0.5) is 0 Å². The second-order valence-corrected chi connectivity index (χ2v) is 9.54. The molecular weight excluding hydrogens is 382 g/mol. The number of benzene rings is 1. The lowest BCUT2D eigenvalue weighted by atomic mass is 10.3. The van der Waals surface area contributed by atoms with Gasteiger partial charge in [-0.15, -0.1) is 0 Å². The molecular formula is C19H25N3O3S2. The molecule has 0 aliphatic carbocycles. The van der Waals surface area contributed by atoms with Gasteiger partial charge in [0.2, 0.25) is 15.9 Å². The number of carbonyl (C=O) groups is 1. The highest BCUT2D eigenvalue weighted by atomic mass is 32.2. The van der Waals surface area contributed by atoms with Crippen LogP contribution >= 0.6 is 11.3 Å². The normalized spacial score (nSPS) is 16.4. The number of thiophene rings is 1. The Balaban J connectivity index is 1.56. The van der Waals surface area contributed by atoms with Gasteiger partial charge in [0.1, 0.15) is 0 Å². The van der Waals surface area contributed by atoms with E-state index in [0.717, 1.165) is 30.4 Å². The van der Waals surface area contributed by atoms with Crippen molar-refractivity contribution in [2.75, 3.05) is 39.8 Å². The zero-order chi connectivity index (χ0) is 19.3. The summed E-state index contributed by atoms with van der Waals surface area (Å²) in [6.45, 7) is 3.80. The molecule has 27 heavy (non-hydrogen) atoms. The van der Waals surface area contributed by atoms with E-state index in [4.69, 9.17) is 0 Å². The number of amides is 1. The highest BCUT2D eigenvalue weighted by Gasteiger charge is 2.26. The maximum absolute atomic E-state index is 12.7. The molecule has 6 nitrogen and oxygen atoms in total. The molecule has 0 spiro atoms. The molecule has 2 aromatic rings. The minimum absolute atomic E-state index is 0.137. The molecule has 0 radical (unpaired) electrons. The fraction of sp³-hybridized carbons (Fsp3) is 0.421.